The van der Waals surface area contributed by atoms with Crippen molar-refractivity contribution >= 4 is 33.2 Å². The summed E-state index contributed by atoms with van der Waals surface area (Å²) in [5.74, 6) is -0.371. The van der Waals surface area contributed by atoms with Crippen molar-refractivity contribution in [3.05, 3.63) is 78.1 Å². The summed E-state index contributed by atoms with van der Waals surface area (Å²) in [4.78, 5) is 31.5. The first kappa shape index (κ1) is 26.1. The highest BCUT2D eigenvalue weighted by atomic mass is 32.2. The lowest BCUT2D eigenvalue weighted by Gasteiger charge is -2.25. The Morgan fingerprint density at radius 1 is 1.08 bits per heavy atom. The molecule has 1 saturated heterocycles. The maximum atomic E-state index is 13.6. The molecule has 1 aliphatic heterocycles. The van der Waals surface area contributed by atoms with Crippen LogP contribution in [0.1, 0.15) is 34.1 Å². The normalized spacial score (nSPS) is 15.1. The van der Waals surface area contributed by atoms with Crippen molar-refractivity contribution in [1.29, 1.82) is 0 Å². The van der Waals surface area contributed by atoms with Crippen LogP contribution >= 0.6 is 0 Å². The van der Waals surface area contributed by atoms with Gasteiger partial charge in [0.2, 0.25) is 10.0 Å². The molecular formula is C26H27N3O7S. The molecule has 1 aliphatic rings. The van der Waals surface area contributed by atoms with Gasteiger partial charge < -0.3 is 14.2 Å². The van der Waals surface area contributed by atoms with Crippen molar-refractivity contribution in [3.63, 3.8) is 0 Å². The van der Waals surface area contributed by atoms with Gasteiger partial charge in [0.1, 0.15) is 6.10 Å². The van der Waals surface area contributed by atoms with E-state index >= 15 is 0 Å². The van der Waals surface area contributed by atoms with E-state index in [2.05, 4.69) is 4.98 Å². The minimum absolute atomic E-state index is 0.134. The Bertz CT molecular complexity index is 1360. The standard InChI is InChI=1S/C26H27N3O7S/c1-3-37(32,33)28-25(30)18-6-8-20(9-7-18)29(26(31)19-5-4-13-27-16-19)21-10-11-23(34-2)24(15-21)36-22-12-14-35-17-22/h4-11,13,15-16,22H,3,12,14,17H2,1-2H3,(H,28,30)/t22-/m1/s1. The lowest BCUT2D eigenvalue weighted by Crippen LogP contribution is -2.31. The van der Waals surface area contributed by atoms with Crippen molar-refractivity contribution in [1.82, 2.24) is 9.71 Å². The quantitative estimate of drug-likeness (QED) is 0.451. The van der Waals surface area contributed by atoms with E-state index in [4.69, 9.17) is 14.2 Å². The predicted octanol–water partition coefficient (Wildman–Crippen LogP) is 3.32. The molecule has 0 aliphatic carbocycles. The summed E-state index contributed by atoms with van der Waals surface area (Å²) < 4.78 is 42.5. The molecule has 0 saturated carbocycles. The second kappa shape index (κ2) is 11.4. The number of sulfonamides is 1. The number of methoxy groups -OCH3 is 1. The summed E-state index contributed by atoms with van der Waals surface area (Å²) in [6.07, 6.45) is 3.64. The van der Waals surface area contributed by atoms with Crippen molar-refractivity contribution in [3.8, 4) is 11.5 Å². The summed E-state index contributed by atoms with van der Waals surface area (Å²) in [6, 6.07) is 14.5. The topological polar surface area (TPSA) is 124 Å². The number of pyridine rings is 1. The number of rotatable bonds is 9. The molecule has 0 unspecified atom stereocenters. The number of carbonyl (C=O) groups excluding carboxylic acids is 2. The van der Waals surface area contributed by atoms with E-state index in [1.54, 1.807) is 48.7 Å². The second-order valence-corrected chi connectivity index (χ2v) is 10.2. The first-order valence-corrected chi connectivity index (χ1v) is 13.3. The minimum Gasteiger partial charge on any atom is -0.493 e. The number of nitrogens with zero attached hydrogens (tertiary/aromatic N) is 2. The summed E-state index contributed by atoms with van der Waals surface area (Å²) >= 11 is 0. The van der Waals surface area contributed by atoms with Crippen LogP contribution in [0.2, 0.25) is 0 Å². The average molecular weight is 526 g/mol. The molecule has 0 spiro atoms. The van der Waals surface area contributed by atoms with Gasteiger partial charge in [-0.05, 0) is 55.5 Å². The number of hydrogen-bond acceptors (Lipinski definition) is 8. The number of hydrogen-bond donors (Lipinski definition) is 1. The van der Waals surface area contributed by atoms with E-state index in [-0.39, 0.29) is 23.3 Å². The van der Waals surface area contributed by atoms with Gasteiger partial charge in [-0.2, -0.15) is 0 Å². The molecule has 194 valence electrons. The Kier molecular flexibility index (Phi) is 8.04. The van der Waals surface area contributed by atoms with E-state index < -0.39 is 15.9 Å². The number of nitrogens with one attached hydrogen (secondary N) is 1. The molecule has 2 heterocycles. The Labute approximate surface area is 215 Å². The van der Waals surface area contributed by atoms with E-state index in [1.165, 1.54) is 37.3 Å². The molecule has 3 aromatic rings. The van der Waals surface area contributed by atoms with Gasteiger partial charge >= 0.3 is 0 Å². The van der Waals surface area contributed by atoms with Crippen LogP contribution in [0.5, 0.6) is 11.5 Å². The Morgan fingerprint density at radius 2 is 1.84 bits per heavy atom. The van der Waals surface area contributed by atoms with Gasteiger partial charge in [-0.3, -0.25) is 19.5 Å². The van der Waals surface area contributed by atoms with Crippen molar-refractivity contribution in [2.75, 3.05) is 31.0 Å². The lowest BCUT2D eigenvalue weighted by molar-refractivity contribution is 0.0979. The Morgan fingerprint density at radius 3 is 2.46 bits per heavy atom. The first-order chi connectivity index (χ1) is 17.8. The SMILES string of the molecule is CCS(=O)(=O)NC(=O)c1ccc(N(C(=O)c2cccnc2)c2ccc(OC)c(O[C@@H]3CCOC3)c2)cc1. The van der Waals surface area contributed by atoms with Crippen LogP contribution in [0, 0.1) is 0 Å². The van der Waals surface area contributed by atoms with Crippen LogP contribution < -0.4 is 19.1 Å². The van der Waals surface area contributed by atoms with Gasteiger partial charge in [0.05, 0.1) is 37.3 Å². The fraction of sp³-hybridized carbons (Fsp3) is 0.269. The maximum absolute atomic E-state index is 13.6. The average Bonchev–Trinajstić information content (AvgIpc) is 3.43. The zero-order valence-corrected chi connectivity index (χ0v) is 21.2. The van der Waals surface area contributed by atoms with Crippen molar-refractivity contribution in [2.24, 2.45) is 0 Å². The number of anilines is 2. The second-order valence-electron chi connectivity index (χ2n) is 8.20. The van der Waals surface area contributed by atoms with E-state index in [0.29, 0.717) is 41.7 Å². The molecule has 1 N–H and O–H groups in total. The predicted molar refractivity (Wildman–Crippen MR) is 137 cm³/mol. The van der Waals surface area contributed by atoms with E-state index in [0.717, 1.165) is 6.42 Å². The largest absolute Gasteiger partial charge is 0.493 e. The molecule has 11 heteroatoms. The van der Waals surface area contributed by atoms with Crippen molar-refractivity contribution in [2.45, 2.75) is 19.4 Å². The van der Waals surface area contributed by atoms with Crippen LogP contribution in [0.25, 0.3) is 0 Å². The number of amides is 2. The smallest absolute Gasteiger partial charge is 0.264 e. The monoisotopic (exact) mass is 525 g/mol. The third-order valence-electron chi connectivity index (χ3n) is 5.71. The van der Waals surface area contributed by atoms with Gasteiger partial charge in [0.15, 0.2) is 11.5 Å². The highest BCUT2D eigenvalue weighted by Gasteiger charge is 2.24. The number of benzene rings is 2. The van der Waals surface area contributed by atoms with Crippen LogP contribution in [0.4, 0.5) is 11.4 Å². The molecule has 2 amide bonds. The van der Waals surface area contributed by atoms with Crippen LogP contribution in [0.15, 0.2) is 67.0 Å². The number of carbonyl (C=O) groups is 2. The molecule has 2 aromatic carbocycles. The maximum Gasteiger partial charge on any atom is 0.264 e. The fourth-order valence-corrected chi connectivity index (χ4v) is 4.26. The Balaban J connectivity index is 1.72. The zero-order valence-electron chi connectivity index (χ0n) is 20.4. The highest BCUT2D eigenvalue weighted by molar-refractivity contribution is 7.90. The van der Waals surface area contributed by atoms with Gasteiger partial charge in [-0.25, -0.2) is 13.1 Å². The molecule has 0 radical (unpaired) electrons. The third kappa shape index (κ3) is 6.25. The Hall–Kier alpha value is -3.96. The number of ether oxygens (including phenoxy) is 3. The lowest BCUT2D eigenvalue weighted by atomic mass is 10.1. The highest BCUT2D eigenvalue weighted by Crippen LogP contribution is 2.37. The molecule has 1 aromatic heterocycles. The summed E-state index contributed by atoms with van der Waals surface area (Å²) in [5.41, 5.74) is 1.42. The van der Waals surface area contributed by atoms with Crippen molar-refractivity contribution < 1.29 is 32.2 Å². The molecule has 1 fully saturated rings. The van der Waals surface area contributed by atoms with Gasteiger partial charge in [-0.15, -0.1) is 0 Å². The molecule has 0 bridgehead atoms. The first-order valence-electron chi connectivity index (χ1n) is 11.6. The summed E-state index contributed by atoms with van der Waals surface area (Å²) in [5, 5.41) is 0. The molecule has 1 atom stereocenters. The van der Waals surface area contributed by atoms with Crippen LogP contribution in [-0.4, -0.2) is 57.4 Å². The molecular weight excluding hydrogens is 498 g/mol. The van der Waals surface area contributed by atoms with Crippen LogP contribution in [0.3, 0.4) is 0 Å². The fourth-order valence-electron chi connectivity index (χ4n) is 3.72. The minimum atomic E-state index is -3.71. The summed E-state index contributed by atoms with van der Waals surface area (Å²) in [6.45, 7) is 2.51. The van der Waals surface area contributed by atoms with Crippen LogP contribution in [-0.2, 0) is 14.8 Å². The molecule has 4 rings (SSSR count). The van der Waals surface area contributed by atoms with E-state index in [9.17, 15) is 18.0 Å². The van der Waals surface area contributed by atoms with E-state index in [1.807, 2.05) is 4.72 Å². The van der Waals surface area contributed by atoms with Gasteiger partial charge in [0.25, 0.3) is 11.8 Å². The summed E-state index contributed by atoms with van der Waals surface area (Å²) in [7, 11) is -2.18. The van der Waals surface area contributed by atoms with Gasteiger partial charge in [0, 0.05) is 36.1 Å². The zero-order chi connectivity index (χ0) is 26.4. The molecule has 10 nitrogen and oxygen atoms in total. The molecule has 37 heavy (non-hydrogen) atoms. The third-order valence-corrected chi connectivity index (χ3v) is 6.97. The van der Waals surface area contributed by atoms with Gasteiger partial charge in [-0.1, -0.05) is 0 Å². The number of aromatic nitrogens is 1.